The molecule has 2 amide bonds. The second-order valence-electron chi connectivity index (χ2n) is 9.06. The van der Waals surface area contributed by atoms with Crippen molar-refractivity contribution in [1.29, 1.82) is 0 Å². The maximum Gasteiger partial charge on any atom is 0.336 e. The molecule has 1 unspecified atom stereocenters. The number of carbonyl (C=O) groups is 4. The fraction of sp³-hybridized carbons (Fsp3) is 0.333. The van der Waals surface area contributed by atoms with Gasteiger partial charge >= 0.3 is 11.9 Å². The van der Waals surface area contributed by atoms with Crippen molar-refractivity contribution in [3.8, 4) is 0 Å². The zero-order valence-corrected chi connectivity index (χ0v) is 24.4. The lowest BCUT2D eigenvalue weighted by atomic mass is 9.80. The van der Waals surface area contributed by atoms with Crippen LogP contribution in [0.1, 0.15) is 46.0 Å². The zero-order valence-electron chi connectivity index (χ0n) is 23.6. The second kappa shape index (κ2) is 15.7. The van der Waals surface area contributed by atoms with Gasteiger partial charge in [0.2, 0.25) is 0 Å². The van der Waals surface area contributed by atoms with E-state index < -0.39 is 29.7 Å². The van der Waals surface area contributed by atoms with Gasteiger partial charge in [0.25, 0.3) is 11.8 Å². The number of aliphatic hydroxyl groups is 1. The smallest absolute Gasteiger partial charge is 0.336 e. The maximum absolute atomic E-state index is 13.3. The van der Waals surface area contributed by atoms with Gasteiger partial charge in [-0.05, 0) is 37.6 Å². The predicted molar refractivity (Wildman–Crippen MR) is 155 cm³/mol. The van der Waals surface area contributed by atoms with Crippen LogP contribution in [0.15, 0.2) is 71.1 Å². The van der Waals surface area contributed by atoms with Crippen molar-refractivity contribution in [3.63, 3.8) is 0 Å². The van der Waals surface area contributed by atoms with Crippen LogP contribution in [0.3, 0.4) is 0 Å². The topological polar surface area (TPSA) is 152 Å². The van der Waals surface area contributed by atoms with Crippen LogP contribution in [0.4, 0.5) is 0 Å². The highest BCUT2D eigenvalue weighted by molar-refractivity contribution is 6.31. The molecule has 12 heteroatoms. The molecule has 42 heavy (non-hydrogen) atoms. The van der Waals surface area contributed by atoms with Crippen molar-refractivity contribution in [3.05, 3.63) is 92.8 Å². The third kappa shape index (κ3) is 7.75. The maximum atomic E-state index is 13.3. The normalized spacial score (nSPS) is 14.6. The fourth-order valence-corrected chi connectivity index (χ4v) is 4.76. The highest BCUT2D eigenvalue weighted by atomic mass is 35.5. The number of dihydropyridines is 1. The molecule has 1 heterocycles. The van der Waals surface area contributed by atoms with Gasteiger partial charge in [0.1, 0.15) is 0 Å². The number of carbonyl (C=O) groups excluding carboxylic acids is 4. The molecule has 1 aliphatic heterocycles. The molecule has 11 nitrogen and oxygen atoms in total. The van der Waals surface area contributed by atoms with Gasteiger partial charge in [-0.25, -0.2) is 9.59 Å². The molecule has 0 aromatic heterocycles. The van der Waals surface area contributed by atoms with Crippen molar-refractivity contribution in [2.45, 2.75) is 19.8 Å². The molecule has 1 atom stereocenters. The Bertz CT molecular complexity index is 1390. The number of esters is 2. The molecule has 0 fully saturated rings. The number of aliphatic hydroxyl groups excluding tert-OH is 1. The van der Waals surface area contributed by atoms with E-state index in [9.17, 15) is 19.2 Å². The van der Waals surface area contributed by atoms with Gasteiger partial charge < -0.3 is 35.3 Å². The van der Waals surface area contributed by atoms with E-state index in [1.54, 1.807) is 50.2 Å². The van der Waals surface area contributed by atoms with Crippen LogP contribution in [-0.2, 0) is 23.8 Å². The van der Waals surface area contributed by atoms with Gasteiger partial charge in [0.15, 0.2) is 0 Å². The number of hydrogen-bond donors (Lipinski definition) is 4. The van der Waals surface area contributed by atoms with Gasteiger partial charge in [-0.1, -0.05) is 41.9 Å². The monoisotopic (exact) mass is 599 g/mol. The summed E-state index contributed by atoms with van der Waals surface area (Å²) in [6.45, 7) is 3.40. The first-order valence-electron chi connectivity index (χ1n) is 13.3. The molecule has 0 saturated carbocycles. The number of hydrogen-bond acceptors (Lipinski definition) is 9. The van der Waals surface area contributed by atoms with Crippen molar-refractivity contribution in [2.75, 3.05) is 46.6 Å². The van der Waals surface area contributed by atoms with Crippen LogP contribution >= 0.6 is 11.6 Å². The van der Waals surface area contributed by atoms with Crippen molar-refractivity contribution >= 4 is 35.4 Å². The van der Waals surface area contributed by atoms with Crippen molar-refractivity contribution < 1.29 is 38.5 Å². The van der Waals surface area contributed by atoms with Crippen LogP contribution in [0.5, 0.6) is 0 Å². The number of methoxy groups -OCH3 is 1. The summed E-state index contributed by atoms with van der Waals surface area (Å²) in [5.41, 5.74) is 2.08. The number of rotatable bonds is 13. The number of halogens is 1. The summed E-state index contributed by atoms with van der Waals surface area (Å²) < 4.78 is 16.2. The Morgan fingerprint density at radius 2 is 1.55 bits per heavy atom. The van der Waals surface area contributed by atoms with E-state index in [1.165, 1.54) is 19.2 Å². The van der Waals surface area contributed by atoms with E-state index >= 15 is 0 Å². The molecule has 0 saturated heterocycles. The first kappa shape index (κ1) is 32.3. The lowest BCUT2D eigenvalue weighted by Crippen LogP contribution is -2.35. The SMILES string of the molecule is CCOC(=O)C1=C(COCCNC(=O)c2ccccc2C(=O)NCCO)NC(C)=C(C(=O)OC)C1c1ccccc1Cl. The number of allylic oxidation sites excluding steroid dienone is 1. The second-order valence-corrected chi connectivity index (χ2v) is 9.46. The van der Waals surface area contributed by atoms with Crippen LogP contribution in [0, 0.1) is 0 Å². The molecular formula is C30H34ClN3O8. The highest BCUT2D eigenvalue weighted by Gasteiger charge is 2.39. The third-order valence-corrected chi connectivity index (χ3v) is 6.70. The third-order valence-electron chi connectivity index (χ3n) is 6.35. The van der Waals surface area contributed by atoms with Crippen LogP contribution in [0.2, 0.25) is 5.02 Å². The van der Waals surface area contributed by atoms with Crippen molar-refractivity contribution in [1.82, 2.24) is 16.0 Å². The number of ether oxygens (including phenoxy) is 3. The fourth-order valence-electron chi connectivity index (χ4n) is 4.51. The Morgan fingerprint density at radius 1 is 0.929 bits per heavy atom. The minimum Gasteiger partial charge on any atom is -0.466 e. The van der Waals surface area contributed by atoms with Gasteiger partial charge in [0, 0.05) is 23.8 Å². The summed E-state index contributed by atoms with van der Waals surface area (Å²) in [7, 11) is 1.26. The first-order valence-corrected chi connectivity index (χ1v) is 13.7. The zero-order chi connectivity index (χ0) is 30.6. The molecule has 0 aliphatic carbocycles. The minimum atomic E-state index is -0.877. The average molecular weight is 600 g/mol. The number of nitrogens with one attached hydrogen (secondary N) is 3. The summed E-state index contributed by atoms with van der Waals surface area (Å²) in [5.74, 6) is -3.10. The van der Waals surface area contributed by atoms with Gasteiger partial charge in [-0.2, -0.15) is 0 Å². The molecule has 2 aromatic rings. The molecular weight excluding hydrogens is 566 g/mol. The average Bonchev–Trinajstić information content (AvgIpc) is 2.99. The minimum absolute atomic E-state index is 0.0629. The lowest BCUT2D eigenvalue weighted by molar-refractivity contribution is -0.139. The Kier molecular flexibility index (Phi) is 12.1. The summed E-state index contributed by atoms with van der Waals surface area (Å²) >= 11 is 6.52. The summed E-state index contributed by atoms with van der Waals surface area (Å²) in [6.07, 6.45) is 0. The Labute approximate surface area is 248 Å². The van der Waals surface area contributed by atoms with E-state index in [-0.39, 0.29) is 61.8 Å². The first-order chi connectivity index (χ1) is 20.2. The number of amides is 2. The quantitative estimate of drug-likeness (QED) is 0.201. The molecule has 0 bridgehead atoms. The standard InChI is InChI=1S/C30H34ClN3O8/c1-4-42-30(39)26-23(34-18(2)24(29(38)40-3)25(26)21-11-7-8-12-22(21)31)17-41-16-14-33-28(37)20-10-6-5-9-19(20)27(36)32-13-15-35/h5-12,25,34-35H,4,13-17H2,1-3H3,(H,32,36)(H,33,37). The molecule has 1 aliphatic rings. The molecule has 4 N–H and O–H groups in total. The molecule has 2 aromatic carbocycles. The Morgan fingerprint density at radius 3 is 2.14 bits per heavy atom. The van der Waals surface area contributed by atoms with Gasteiger partial charge in [-0.3, -0.25) is 9.59 Å². The van der Waals surface area contributed by atoms with Gasteiger partial charge in [-0.15, -0.1) is 0 Å². The van der Waals surface area contributed by atoms with E-state index in [1.807, 2.05) is 0 Å². The summed E-state index contributed by atoms with van der Waals surface area (Å²) in [4.78, 5) is 51.3. The largest absolute Gasteiger partial charge is 0.466 e. The van der Waals surface area contributed by atoms with Gasteiger partial charge in [0.05, 0.1) is 67.4 Å². The number of benzene rings is 2. The van der Waals surface area contributed by atoms with Crippen molar-refractivity contribution in [2.24, 2.45) is 0 Å². The van der Waals surface area contributed by atoms with E-state index in [2.05, 4.69) is 16.0 Å². The highest BCUT2D eigenvalue weighted by Crippen LogP contribution is 2.41. The lowest BCUT2D eigenvalue weighted by Gasteiger charge is -2.31. The van der Waals surface area contributed by atoms with Crippen LogP contribution in [0.25, 0.3) is 0 Å². The van der Waals surface area contributed by atoms with Crippen LogP contribution < -0.4 is 16.0 Å². The molecule has 224 valence electrons. The Balaban J connectivity index is 1.78. The van der Waals surface area contributed by atoms with E-state index in [0.717, 1.165) is 0 Å². The van der Waals surface area contributed by atoms with Crippen LogP contribution in [-0.4, -0.2) is 75.5 Å². The predicted octanol–water partition coefficient (Wildman–Crippen LogP) is 2.46. The van der Waals surface area contributed by atoms with E-state index in [0.29, 0.717) is 22.0 Å². The molecule has 0 radical (unpaired) electrons. The van der Waals surface area contributed by atoms with E-state index in [4.69, 9.17) is 30.9 Å². The molecule has 3 rings (SSSR count). The summed E-state index contributed by atoms with van der Waals surface area (Å²) in [5, 5.41) is 17.6. The Hall–Kier alpha value is -4.19. The molecule has 0 spiro atoms. The summed E-state index contributed by atoms with van der Waals surface area (Å²) in [6, 6.07) is 13.2.